The first-order chi connectivity index (χ1) is 17.3. The lowest BCUT2D eigenvalue weighted by Crippen LogP contribution is -2.40. The molecule has 0 unspecified atom stereocenters. The fourth-order valence-corrected chi connectivity index (χ4v) is 5.85. The van der Waals surface area contributed by atoms with Crippen molar-refractivity contribution in [1.29, 1.82) is 0 Å². The normalized spacial score (nSPS) is 20.4. The van der Waals surface area contributed by atoms with Crippen molar-refractivity contribution in [1.82, 2.24) is 19.4 Å². The second kappa shape index (κ2) is 8.87. The monoisotopic (exact) mass is 498 g/mol. The summed E-state index contributed by atoms with van der Waals surface area (Å²) in [6.07, 6.45) is 3.37. The number of hydrogen-bond donors (Lipinski definition) is 0. The molecule has 3 aromatic rings. The summed E-state index contributed by atoms with van der Waals surface area (Å²) in [5.74, 6) is -2.63. The second-order valence-electron chi connectivity index (χ2n) is 10.2. The Bertz CT molecular complexity index is 1320. The fourth-order valence-electron chi connectivity index (χ4n) is 5.85. The topological polar surface area (TPSA) is 60.2 Å². The van der Waals surface area contributed by atoms with Crippen molar-refractivity contribution in [3.63, 3.8) is 0 Å². The van der Waals surface area contributed by atoms with Crippen LogP contribution in [-0.2, 0) is 22.6 Å². The molecule has 1 aliphatic carbocycles. The number of hydrogen-bond acceptors (Lipinski definition) is 4. The van der Waals surface area contributed by atoms with Crippen molar-refractivity contribution in [2.75, 3.05) is 19.8 Å². The Hall–Kier alpha value is -2.94. The fraction of sp³-hybridized carbons (Fsp3) is 0.519. The molecule has 190 valence electrons. The van der Waals surface area contributed by atoms with E-state index in [1.165, 1.54) is 6.07 Å². The van der Waals surface area contributed by atoms with Crippen molar-refractivity contribution in [2.45, 2.75) is 69.9 Å². The zero-order valence-corrected chi connectivity index (χ0v) is 20.3. The number of pyridine rings is 1. The number of aromatic nitrogens is 3. The number of nitrogens with zero attached hydrogens (tertiary/aromatic N) is 4. The van der Waals surface area contributed by atoms with Gasteiger partial charge in [0, 0.05) is 80.2 Å². The molecule has 0 radical (unpaired) electrons. The van der Waals surface area contributed by atoms with Crippen LogP contribution >= 0.6 is 0 Å². The highest BCUT2D eigenvalue weighted by Gasteiger charge is 2.48. The van der Waals surface area contributed by atoms with E-state index in [1.54, 1.807) is 17.2 Å². The number of fused-ring (bicyclic) bond motifs is 2. The zero-order chi connectivity index (χ0) is 25.0. The molecule has 0 bridgehead atoms. The van der Waals surface area contributed by atoms with Crippen LogP contribution in [0.3, 0.4) is 0 Å². The van der Waals surface area contributed by atoms with E-state index in [2.05, 4.69) is 0 Å². The van der Waals surface area contributed by atoms with Gasteiger partial charge in [0.15, 0.2) is 0 Å². The average molecular weight is 499 g/mol. The van der Waals surface area contributed by atoms with E-state index in [1.807, 2.05) is 17.6 Å². The minimum atomic E-state index is -2.69. The largest absolute Gasteiger partial charge is 0.381 e. The molecule has 2 fully saturated rings. The van der Waals surface area contributed by atoms with Gasteiger partial charge in [0.2, 0.25) is 11.8 Å². The van der Waals surface area contributed by atoms with Crippen LogP contribution in [0.25, 0.3) is 22.0 Å². The summed E-state index contributed by atoms with van der Waals surface area (Å²) in [6.45, 7) is 4.44. The van der Waals surface area contributed by atoms with Crippen molar-refractivity contribution in [2.24, 2.45) is 0 Å². The Kier molecular flexibility index (Phi) is 5.78. The highest BCUT2D eigenvalue weighted by atomic mass is 19.3. The Balaban J connectivity index is 1.47. The van der Waals surface area contributed by atoms with Crippen LogP contribution in [0.2, 0.25) is 0 Å². The van der Waals surface area contributed by atoms with Crippen molar-refractivity contribution in [3.05, 3.63) is 47.4 Å². The highest BCUT2D eigenvalue weighted by Crippen LogP contribution is 2.49. The van der Waals surface area contributed by atoms with E-state index in [-0.39, 0.29) is 31.2 Å². The van der Waals surface area contributed by atoms with Gasteiger partial charge in [-0.25, -0.2) is 18.2 Å². The zero-order valence-electron chi connectivity index (χ0n) is 20.3. The third-order valence-electron chi connectivity index (χ3n) is 7.90. The highest BCUT2D eigenvalue weighted by molar-refractivity contribution is 5.96. The van der Waals surface area contributed by atoms with Gasteiger partial charge < -0.3 is 14.2 Å². The smallest absolute Gasteiger partial charge is 0.249 e. The number of amides is 1. The number of alkyl halides is 2. The molecule has 6 rings (SSSR count). The van der Waals surface area contributed by atoms with Gasteiger partial charge in [-0.15, -0.1) is 0 Å². The number of rotatable bonds is 4. The quantitative estimate of drug-likeness (QED) is 0.484. The van der Waals surface area contributed by atoms with Gasteiger partial charge in [-0.2, -0.15) is 0 Å². The molecule has 1 aromatic carbocycles. The molecule has 3 aliphatic rings. The van der Waals surface area contributed by atoms with Gasteiger partial charge in [0.1, 0.15) is 11.6 Å². The third-order valence-corrected chi connectivity index (χ3v) is 7.90. The molecular formula is C27H29F3N4O2. The maximum atomic E-state index is 15.5. The van der Waals surface area contributed by atoms with Crippen LogP contribution in [0.1, 0.15) is 68.1 Å². The van der Waals surface area contributed by atoms with E-state index in [9.17, 15) is 13.6 Å². The lowest BCUT2D eigenvalue weighted by Gasteiger charge is -2.36. The molecule has 0 atom stereocenters. The van der Waals surface area contributed by atoms with Gasteiger partial charge in [0.05, 0.1) is 17.9 Å². The van der Waals surface area contributed by atoms with Crippen LogP contribution in [0.5, 0.6) is 0 Å². The van der Waals surface area contributed by atoms with Crippen LogP contribution in [-0.4, -0.2) is 51.0 Å². The van der Waals surface area contributed by atoms with Crippen LogP contribution in [0.15, 0.2) is 24.4 Å². The van der Waals surface area contributed by atoms with E-state index in [4.69, 9.17) is 14.7 Å². The minimum Gasteiger partial charge on any atom is -0.381 e. The molecule has 9 heteroatoms. The second-order valence-corrected chi connectivity index (χ2v) is 10.2. The first-order valence-electron chi connectivity index (χ1n) is 12.8. The number of benzene rings is 1. The van der Waals surface area contributed by atoms with Crippen LogP contribution < -0.4 is 0 Å². The lowest BCUT2D eigenvalue weighted by atomic mass is 9.80. The van der Waals surface area contributed by atoms with Crippen molar-refractivity contribution in [3.8, 4) is 11.3 Å². The summed E-state index contributed by atoms with van der Waals surface area (Å²) in [5, 5.41) is 1.50. The lowest BCUT2D eigenvalue weighted by molar-refractivity contribution is -0.132. The minimum absolute atomic E-state index is 0.00582. The Morgan fingerprint density at radius 3 is 2.67 bits per heavy atom. The molecule has 2 aromatic heterocycles. The van der Waals surface area contributed by atoms with Gasteiger partial charge in [-0.1, -0.05) is 13.0 Å². The van der Waals surface area contributed by atoms with Gasteiger partial charge >= 0.3 is 0 Å². The van der Waals surface area contributed by atoms with Gasteiger partial charge in [-0.3, -0.25) is 9.78 Å². The molecule has 2 aliphatic heterocycles. The number of imidazole rings is 1. The molecule has 0 spiro atoms. The predicted molar refractivity (Wildman–Crippen MR) is 128 cm³/mol. The molecule has 0 N–H and O–H groups in total. The molecule has 36 heavy (non-hydrogen) atoms. The van der Waals surface area contributed by atoms with Gasteiger partial charge in [-0.05, 0) is 30.4 Å². The molecular weight excluding hydrogens is 469 g/mol. The maximum absolute atomic E-state index is 15.5. The Morgan fingerprint density at radius 1 is 1.17 bits per heavy atom. The number of carbonyl (C=O) groups excluding carboxylic acids is 1. The first kappa shape index (κ1) is 23.5. The van der Waals surface area contributed by atoms with Crippen LogP contribution in [0, 0.1) is 5.82 Å². The van der Waals surface area contributed by atoms with Crippen molar-refractivity contribution < 1.29 is 22.7 Å². The van der Waals surface area contributed by atoms with Gasteiger partial charge in [0.25, 0.3) is 0 Å². The van der Waals surface area contributed by atoms with Crippen molar-refractivity contribution >= 4 is 16.7 Å². The number of ether oxygens (including phenoxy) is 1. The summed E-state index contributed by atoms with van der Waals surface area (Å²) in [7, 11) is 0. The Morgan fingerprint density at radius 2 is 1.94 bits per heavy atom. The first-order valence-corrected chi connectivity index (χ1v) is 12.8. The molecule has 6 nitrogen and oxygen atoms in total. The molecule has 1 saturated carbocycles. The summed E-state index contributed by atoms with van der Waals surface area (Å²) in [6, 6.07) is 5.20. The summed E-state index contributed by atoms with van der Waals surface area (Å²) in [5.41, 5.74) is 2.42. The SMILES string of the molecule is CCC(=O)N1CCn2c(C3CC(F)(F)C3)nc(-c3c(F)ccc4cc(C5CCOCC5)ncc34)c2C1. The third kappa shape index (κ3) is 3.97. The summed E-state index contributed by atoms with van der Waals surface area (Å²) in [4.78, 5) is 23.7. The summed E-state index contributed by atoms with van der Waals surface area (Å²) < 4.78 is 50.4. The summed E-state index contributed by atoms with van der Waals surface area (Å²) >= 11 is 0. The molecule has 1 saturated heterocycles. The van der Waals surface area contributed by atoms with E-state index in [0.29, 0.717) is 66.8 Å². The molecule has 4 heterocycles. The van der Waals surface area contributed by atoms with E-state index >= 15 is 4.39 Å². The van der Waals surface area contributed by atoms with Crippen LogP contribution in [0.4, 0.5) is 13.2 Å². The Labute approximate surface area is 207 Å². The number of halogens is 3. The van der Waals surface area contributed by atoms with E-state index < -0.39 is 11.7 Å². The van der Waals surface area contributed by atoms with E-state index in [0.717, 1.165) is 23.9 Å². The number of carbonyl (C=O) groups is 1. The maximum Gasteiger partial charge on any atom is 0.249 e. The standard InChI is InChI=1S/C27H29F3N4O2/c1-2-23(35)33-7-8-34-22(15-33)25(32-26(34)18-12-27(29,30)13-18)24-19-14-31-21(16-5-9-36-10-6-16)11-17(19)3-4-20(24)28/h3-4,11,14,16,18H,2,5-10,12-13,15H2,1H3. The predicted octanol–water partition coefficient (Wildman–Crippen LogP) is 5.40. The molecule has 1 amide bonds. The average Bonchev–Trinajstić information content (AvgIpc) is 3.25.